The molecule has 318 valence electrons. The van der Waals surface area contributed by atoms with Gasteiger partial charge in [0.2, 0.25) is 0 Å². The number of methoxy groups -OCH3 is 1. The molecular weight excluding hydrogens is 805 g/mol. The lowest BCUT2D eigenvalue weighted by atomic mass is 10.0. The Labute approximate surface area is 361 Å². The molecule has 0 aliphatic rings. The summed E-state index contributed by atoms with van der Waals surface area (Å²) in [6.07, 6.45) is 5.05. The molecule has 0 aliphatic heterocycles. The Morgan fingerprint density at radius 1 is 0.698 bits per heavy atom. The number of rotatable bonds is 13. The number of carbonyl (C=O) groups is 1. The number of nitrogens with zero attached hydrogens (tertiary/aromatic N) is 4. The van der Waals surface area contributed by atoms with Crippen molar-refractivity contribution in [3.63, 3.8) is 0 Å². The van der Waals surface area contributed by atoms with E-state index in [0.29, 0.717) is 11.5 Å². The number of hydrogen-bond acceptors (Lipinski definition) is 8. The first-order valence-corrected chi connectivity index (χ1v) is 20.2. The summed E-state index contributed by atoms with van der Waals surface area (Å²) in [5.74, 6) is 1.56. The van der Waals surface area contributed by atoms with E-state index in [0.717, 1.165) is 56.5 Å². The van der Waals surface area contributed by atoms with Crippen molar-refractivity contribution >= 4 is 27.7 Å². The van der Waals surface area contributed by atoms with E-state index in [1.165, 1.54) is 30.5 Å². The maximum absolute atomic E-state index is 13.3. The van der Waals surface area contributed by atoms with Crippen LogP contribution >= 0.6 is 0 Å². The number of phenolic OH excluding ortho intramolecular Hbond substituents is 1. The van der Waals surface area contributed by atoms with Crippen LogP contribution in [-0.2, 0) is 0 Å². The average molecular weight is 848 g/mol. The monoisotopic (exact) mass is 847 g/mol. The number of hydrogen-bond donors (Lipinski definition) is 2. The van der Waals surface area contributed by atoms with Crippen molar-refractivity contribution in [3.05, 3.63) is 193 Å². The van der Waals surface area contributed by atoms with E-state index in [1.807, 2.05) is 86.6 Å². The van der Waals surface area contributed by atoms with Gasteiger partial charge in [0.1, 0.15) is 46.8 Å². The molecule has 1 amide bonds. The van der Waals surface area contributed by atoms with Crippen LogP contribution in [0.15, 0.2) is 169 Å². The third-order valence-corrected chi connectivity index (χ3v) is 10.4. The smallest absolute Gasteiger partial charge is 0.287 e. The van der Waals surface area contributed by atoms with E-state index < -0.39 is 12.1 Å². The van der Waals surface area contributed by atoms with Gasteiger partial charge in [-0.05, 0) is 146 Å². The molecule has 6 aromatic carbocycles. The number of fused-ring (bicyclic) bond motifs is 2. The van der Waals surface area contributed by atoms with E-state index >= 15 is 0 Å². The van der Waals surface area contributed by atoms with Gasteiger partial charge in [0.15, 0.2) is 5.76 Å². The zero-order valence-electron chi connectivity index (χ0n) is 34.6. The van der Waals surface area contributed by atoms with Crippen molar-refractivity contribution in [2.24, 2.45) is 0 Å². The van der Waals surface area contributed by atoms with Crippen molar-refractivity contribution in [2.75, 3.05) is 7.11 Å². The zero-order chi connectivity index (χ0) is 43.9. The third kappa shape index (κ3) is 9.68. The van der Waals surface area contributed by atoms with Crippen LogP contribution in [0.25, 0.3) is 33.2 Å². The Balaban J connectivity index is 0.000000180. The van der Waals surface area contributed by atoms with Crippen molar-refractivity contribution in [3.8, 4) is 34.4 Å². The minimum atomic E-state index is -0.524. The summed E-state index contributed by atoms with van der Waals surface area (Å²) in [5, 5.41) is 23.3. The van der Waals surface area contributed by atoms with E-state index in [1.54, 1.807) is 77.4 Å². The number of halogens is 2. The number of carbonyl (C=O) groups excluding carboxylic acids is 1. The summed E-state index contributed by atoms with van der Waals surface area (Å²) in [6, 6.07) is 41.3. The Morgan fingerprint density at radius 3 is 1.84 bits per heavy atom. The predicted molar refractivity (Wildman–Crippen MR) is 236 cm³/mol. The Hall–Kier alpha value is -7.93. The highest BCUT2D eigenvalue weighted by atomic mass is 19.1. The molecule has 9 aromatic rings. The number of furan rings is 1. The second-order valence-corrected chi connectivity index (χ2v) is 14.7. The summed E-state index contributed by atoms with van der Waals surface area (Å²) < 4.78 is 53.2. The number of ether oxygens (including phenoxy) is 3. The van der Waals surface area contributed by atoms with Crippen molar-refractivity contribution in [1.82, 2.24) is 24.9 Å². The minimum Gasteiger partial charge on any atom is -0.508 e. The Morgan fingerprint density at radius 2 is 1.29 bits per heavy atom. The van der Waals surface area contributed by atoms with Gasteiger partial charge < -0.3 is 29.1 Å². The lowest BCUT2D eigenvalue weighted by Crippen LogP contribution is -2.39. The number of benzene rings is 6. The van der Waals surface area contributed by atoms with Crippen molar-refractivity contribution < 1.29 is 37.3 Å². The van der Waals surface area contributed by atoms with Crippen LogP contribution in [0.1, 0.15) is 54.2 Å². The van der Waals surface area contributed by atoms with Crippen LogP contribution in [-0.4, -0.2) is 43.7 Å². The molecule has 3 heterocycles. The first-order valence-electron chi connectivity index (χ1n) is 20.2. The SMILES string of the molecule is CC[C@H](Oc1ccc2c(cnn2-c2ccc(F)cc2)c1)c1cccc(O)c1.COc1cccc([C@@H](Oc2ccc3c(cnn3-c3ccc(F)cc3)c2)[C@H](C)NC(=O)c2ccco2)c1. The molecule has 0 radical (unpaired) electrons. The highest BCUT2D eigenvalue weighted by Crippen LogP contribution is 2.32. The molecule has 0 unspecified atom stereocenters. The van der Waals surface area contributed by atoms with Crippen LogP contribution < -0.4 is 19.5 Å². The number of aromatic nitrogens is 4. The number of nitrogens with one attached hydrogen (secondary N) is 1. The summed E-state index contributed by atoms with van der Waals surface area (Å²) in [4.78, 5) is 12.6. The summed E-state index contributed by atoms with van der Waals surface area (Å²) in [6.45, 7) is 3.91. The van der Waals surface area contributed by atoms with Gasteiger partial charge in [0, 0.05) is 10.8 Å². The van der Waals surface area contributed by atoms with Crippen LogP contribution in [0.3, 0.4) is 0 Å². The summed E-state index contributed by atoms with van der Waals surface area (Å²) >= 11 is 0. The molecule has 13 heteroatoms. The lowest BCUT2D eigenvalue weighted by molar-refractivity contribution is 0.0854. The fourth-order valence-corrected chi connectivity index (χ4v) is 7.21. The molecule has 0 fully saturated rings. The molecule has 11 nitrogen and oxygen atoms in total. The van der Waals surface area contributed by atoms with Gasteiger partial charge in [-0.3, -0.25) is 4.79 Å². The van der Waals surface area contributed by atoms with Crippen LogP contribution in [0.5, 0.6) is 23.0 Å². The molecule has 0 spiro atoms. The van der Waals surface area contributed by atoms with Crippen LogP contribution in [0.2, 0.25) is 0 Å². The zero-order valence-corrected chi connectivity index (χ0v) is 34.6. The third-order valence-electron chi connectivity index (χ3n) is 10.4. The minimum absolute atomic E-state index is 0.151. The molecule has 3 atom stereocenters. The van der Waals surface area contributed by atoms with Crippen LogP contribution in [0, 0.1) is 11.6 Å². The van der Waals surface area contributed by atoms with Crippen molar-refractivity contribution in [1.29, 1.82) is 0 Å². The molecule has 0 saturated heterocycles. The molecule has 9 rings (SSSR count). The topological polar surface area (TPSA) is 126 Å². The largest absolute Gasteiger partial charge is 0.508 e. The number of aromatic hydroxyl groups is 1. The molecule has 0 bridgehead atoms. The van der Waals surface area contributed by atoms with Gasteiger partial charge in [-0.1, -0.05) is 31.2 Å². The van der Waals surface area contributed by atoms with Gasteiger partial charge in [0.25, 0.3) is 5.91 Å². The molecule has 2 N–H and O–H groups in total. The average Bonchev–Trinajstić information content (AvgIpc) is 4.09. The Kier molecular flexibility index (Phi) is 12.5. The maximum atomic E-state index is 13.3. The fourth-order valence-electron chi connectivity index (χ4n) is 7.21. The van der Waals surface area contributed by atoms with Gasteiger partial charge in [-0.2, -0.15) is 10.2 Å². The fraction of sp³-hybridized carbons (Fsp3) is 0.140. The molecular formula is C50H43F2N5O6. The number of amides is 1. The van der Waals surface area contributed by atoms with Gasteiger partial charge >= 0.3 is 0 Å². The summed E-state index contributed by atoms with van der Waals surface area (Å²) in [7, 11) is 1.60. The highest BCUT2D eigenvalue weighted by molar-refractivity contribution is 5.91. The molecule has 0 saturated carbocycles. The van der Waals surface area contributed by atoms with Gasteiger partial charge in [-0.15, -0.1) is 0 Å². The summed E-state index contributed by atoms with van der Waals surface area (Å²) in [5.41, 5.74) is 5.09. The second-order valence-electron chi connectivity index (χ2n) is 14.7. The maximum Gasteiger partial charge on any atom is 0.287 e. The lowest BCUT2D eigenvalue weighted by Gasteiger charge is -2.26. The van der Waals surface area contributed by atoms with Crippen molar-refractivity contribution in [2.45, 2.75) is 38.5 Å². The first kappa shape index (κ1) is 41.8. The normalized spacial score (nSPS) is 12.5. The van der Waals surface area contributed by atoms with Gasteiger partial charge in [-0.25, -0.2) is 18.1 Å². The number of phenols is 1. The molecule has 0 aliphatic carbocycles. The highest BCUT2D eigenvalue weighted by Gasteiger charge is 2.25. The predicted octanol–water partition coefficient (Wildman–Crippen LogP) is 11.1. The second kappa shape index (κ2) is 18.8. The standard InChI is InChI=1S/C28H24FN3O4.C22H19FN2O2/c1-18(31-28(33)26-7-4-14-35-26)27(19-5-3-6-23(15-19)34-2)36-24-12-13-25-20(16-24)17-30-32(25)22-10-8-21(29)9-11-22;1-2-22(15-4-3-5-19(26)12-15)27-20-10-11-21-16(13-20)14-24-25(21)18-8-6-17(23)7-9-18/h3-18,27H,1-2H3,(H,31,33);3-14,22,26H,2H2,1H3/t18-,27-;22-/m00/s1. The molecule has 3 aromatic heterocycles. The van der Waals surface area contributed by atoms with Crippen LogP contribution in [0.4, 0.5) is 8.78 Å². The molecule has 63 heavy (non-hydrogen) atoms. The first-order chi connectivity index (χ1) is 30.6. The van der Waals surface area contributed by atoms with E-state index in [-0.39, 0.29) is 35.2 Å². The van der Waals surface area contributed by atoms with E-state index in [4.69, 9.17) is 18.6 Å². The van der Waals surface area contributed by atoms with Gasteiger partial charge in [0.05, 0.1) is 54.2 Å². The van der Waals surface area contributed by atoms with E-state index in [2.05, 4.69) is 15.5 Å². The quantitative estimate of drug-likeness (QED) is 0.117. The van der Waals surface area contributed by atoms with E-state index in [9.17, 15) is 18.7 Å². The Bertz CT molecular complexity index is 2950.